The van der Waals surface area contributed by atoms with Crippen molar-refractivity contribution in [3.05, 3.63) is 35.9 Å². The number of carbonyl (C=O) groups excluding carboxylic acids is 2. The maximum Gasteiger partial charge on any atom is 0.236 e. The van der Waals surface area contributed by atoms with Gasteiger partial charge in [0.25, 0.3) is 0 Å². The maximum absolute atomic E-state index is 12.7. The molecular formula is C19H27N3O2. The van der Waals surface area contributed by atoms with Crippen molar-refractivity contribution in [3.63, 3.8) is 0 Å². The predicted molar refractivity (Wildman–Crippen MR) is 93.2 cm³/mol. The van der Waals surface area contributed by atoms with Gasteiger partial charge in [-0.1, -0.05) is 30.3 Å². The summed E-state index contributed by atoms with van der Waals surface area (Å²) < 4.78 is 0. The molecule has 2 amide bonds. The molecule has 24 heavy (non-hydrogen) atoms. The molecule has 5 nitrogen and oxygen atoms in total. The molecule has 2 heterocycles. The van der Waals surface area contributed by atoms with Crippen LogP contribution < -0.4 is 5.73 Å². The first-order valence-corrected chi connectivity index (χ1v) is 8.98. The normalized spacial score (nSPS) is 24.9. The molecule has 2 aliphatic rings. The SMILES string of the molecule is NC(=O)C1CCCN(C(=O)CN2CCCC2Cc2ccccc2)C1. The first kappa shape index (κ1) is 17.0. The molecule has 2 saturated heterocycles. The number of hydrogen-bond acceptors (Lipinski definition) is 3. The Morgan fingerprint density at radius 1 is 1.08 bits per heavy atom. The largest absolute Gasteiger partial charge is 0.369 e. The van der Waals surface area contributed by atoms with Crippen molar-refractivity contribution in [1.82, 2.24) is 9.80 Å². The van der Waals surface area contributed by atoms with Gasteiger partial charge in [0.1, 0.15) is 0 Å². The molecule has 2 fully saturated rings. The number of benzene rings is 1. The van der Waals surface area contributed by atoms with Crippen LogP contribution in [0.1, 0.15) is 31.2 Å². The molecule has 0 aliphatic carbocycles. The zero-order chi connectivity index (χ0) is 16.9. The predicted octanol–water partition coefficient (Wildman–Crippen LogP) is 1.42. The number of amides is 2. The third-order valence-corrected chi connectivity index (χ3v) is 5.33. The van der Waals surface area contributed by atoms with E-state index in [1.165, 1.54) is 5.56 Å². The monoisotopic (exact) mass is 329 g/mol. The smallest absolute Gasteiger partial charge is 0.236 e. The number of nitrogens with two attached hydrogens (primary N) is 1. The molecule has 1 aromatic carbocycles. The van der Waals surface area contributed by atoms with Crippen molar-refractivity contribution >= 4 is 11.8 Å². The Hall–Kier alpha value is -1.88. The topological polar surface area (TPSA) is 66.6 Å². The van der Waals surface area contributed by atoms with Gasteiger partial charge in [-0.2, -0.15) is 0 Å². The number of nitrogens with zero attached hydrogens (tertiary/aromatic N) is 2. The second-order valence-electron chi connectivity index (χ2n) is 7.04. The molecule has 0 bridgehead atoms. The fourth-order valence-corrected chi connectivity index (χ4v) is 3.93. The van der Waals surface area contributed by atoms with Gasteiger partial charge in [0, 0.05) is 19.1 Å². The molecule has 0 saturated carbocycles. The third-order valence-electron chi connectivity index (χ3n) is 5.33. The molecule has 2 aliphatic heterocycles. The van der Waals surface area contributed by atoms with E-state index in [0.29, 0.717) is 19.1 Å². The van der Waals surface area contributed by atoms with Gasteiger partial charge in [0.2, 0.25) is 11.8 Å². The third kappa shape index (κ3) is 4.15. The number of likely N-dealkylation sites (tertiary alicyclic amines) is 2. The zero-order valence-electron chi connectivity index (χ0n) is 14.2. The zero-order valence-corrected chi connectivity index (χ0v) is 14.2. The van der Waals surface area contributed by atoms with E-state index in [0.717, 1.165) is 45.2 Å². The minimum atomic E-state index is -0.282. The van der Waals surface area contributed by atoms with Gasteiger partial charge in [0.05, 0.1) is 12.5 Å². The van der Waals surface area contributed by atoms with Crippen LogP contribution in [0.5, 0.6) is 0 Å². The van der Waals surface area contributed by atoms with Gasteiger partial charge >= 0.3 is 0 Å². The highest BCUT2D eigenvalue weighted by Gasteiger charge is 2.31. The van der Waals surface area contributed by atoms with Crippen LogP contribution in [0.3, 0.4) is 0 Å². The van der Waals surface area contributed by atoms with Gasteiger partial charge < -0.3 is 10.6 Å². The summed E-state index contributed by atoms with van der Waals surface area (Å²) >= 11 is 0. The molecule has 1 aromatic rings. The molecule has 3 rings (SSSR count). The summed E-state index contributed by atoms with van der Waals surface area (Å²) in [6, 6.07) is 10.9. The van der Waals surface area contributed by atoms with Gasteiger partial charge in [-0.15, -0.1) is 0 Å². The van der Waals surface area contributed by atoms with E-state index in [1.807, 2.05) is 11.0 Å². The fraction of sp³-hybridized carbons (Fsp3) is 0.579. The van der Waals surface area contributed by atoms with E-state index in [9.17, 15) is 9.59 Å². The van der Waals surface area contributed by atoms with Crippen LogP contribution >= 0.6 is 0 Å². The molecule has 0 aromatic heterocycles. The molecule has 0 spiro atoms. The quantitative estimate of drug-likeness (QED) is 0.888. The minimum Gasteiger partial charge on any atom is -0.369 e. The van der Waals surface area contributed by atoms with E-state index < -0.39 is 0 Å². The lowest BCUT2D eigenvalue weighted by Gasteiger charge is -2.33. The number of carbonyl (C=O) groups is 2. The standard InChI is InChI=1S/C19H27N3O2/c20-19(24)16-8-4-11-22(13-16)18(23)14-21-10-5-9-17(21)12-15-6-2-1-3-7-15/h1-3,6-7,16-17H,4-5,8-14H2,(H2,20,24). The summed E-state index contributed by atoms with van der Waals surface area (Å²) in [6.07, 6.45) is 4.96. The summed E-state index contributed by atoms with van der Waals surface area (Å²) in [5.74, 6) is -0.321. The van der Waals surface area contributed by atoms with Gasteiger partial charge in [-0.05, 0) is 44.2 Å². The van der Waals surface area contributed by atoms with Crippen molar-refractivity contribution < 1.29 is 9.59 Å². The summed E-state index contributed by atoms with van der Waals surface area (Å²) in [5.41, 5.74) is 6.74. The van der Waals surface area contributed by atoms with Crippen molar-refractivity contribution in [2.45, 2.75) is 38.1 Å². The van der Waals surface area contributed by atoms with Crippen LogP contribution in [-0.4, -0.2) is 53.8 Å². The lowest BCUT2D eigenvalue weighted by molar-refractivity contribution is -0.136. The molecule has 5 heteroatoms. The number of rotatable bonds is 5. The minimum absolute atomic E-state index is 0.140. The van der Waals surface area contributed by atoms with Crippen molar-refractivity contribution in [2.75, 3.05) is 26.2 Å². The van der Waals surface area contributed by atoms with E-state index in [-0.39, 0.29) is 17.7 Å². The molecule has 2 N–H and O–H groups in total. The average molecular weight is 329 g/mol. The van der Waals surface area contributed by atoms with Crippen LogP contribution in [0.4, 0.5) is 0 Å². The number of piperidine rings is 1. The summed E-state index contributed by atoms with van der Waals surface area (Å²) in [5, 5.41) is 0. The van der Waals surface area contributed by atoms with Crippen LogP contribution in [0.2, 0.25) is 0 Å². The number of hydrogen-bond donors (Lipinski definition) is 1. The van der Waals surface area contributed by atoms with Gasteiger partial charge in [-0.25, -0.2) is 0 Å². The van der Waals surface area contributed by atoms with Gasteiger partial charge in [-0.3, -0.25) is 14.5 Å². The van der Waals surface area contributed by atoms with Crippen molar-refractivity contribution in [1.29, 1.82) is 0 Å². The molecule has 130 valence electrons. The Morgan fingerprint density at radius 2 is 1.83 bits per heavy atom. The molecular weight excluding hydrogens is 302 g/mol. The lowest BCUT2D eigenvalue weighted by Crippen LogP contribution is -2.48. The highest BCUT2D eigenvalue weighted by molar-refractivity contribution is 5.81. The lowest BCUT2D eigenvalue weighted by atomic mass is 9.97. The van der Waals surface area contributed by atoms with Crippen LogP contribution in [0.15, 0.2) is 30.3 Å². The van der Waals surface area contributed by atoms with Gasteiger partial charge in [0.15, 0.2) is 0 Å². The second-order valence-corrected chi connectivity index (χ2v) is 7.04. The summed E-state index contributed by atoms with van der Waals surface area (Å²) in [7, 11) is 0. The van der Waals surface area contributed by atoms with Crippen molar-refractivity contribution in [3.8, 4) is 0 Å². The Morgan fingerprint density at radius 3 is 2.58 bits per heavy atom. The Balaban J connectivity index is 1.56. The van der Waals surface area contributed by atoms with Crippen LogP contribution in [0.25, 0.3) is 0 Å². The number of primary amides is 1. The highest BCUT2D eigenvalue weighted by atomic mass is 16.2. The summed E-state index contributed by atoms with van der Waals surface area (Å²) in [4.78, 5) is 28.2. The first-order chi connectivity index (χ1) is 11.6. The summed E-state index contributed by atoms with van der Waals surface area (Å²) in [6.45, 7) is 2.68. The molecule has 2 unspecified atom stereocenters. The van der Waals surface area contributed by atoms with Crippen molar-refractivity contribution in [2.24, 2.45) is 11.7 Å². The van der Waals surface area contributed by atoms with E-state index in [2.05, 4.69) is 29.2 Å². The second kappa shape index (κ2) is 7.79. The Bertz CT molecular complexity index is 575. The molecule has 2 atom stereocenters. The fourth-order valence-electron chi connectivity index (χ4n) is 3.93. The van der Waals surface area contributed by atoms with Crippen LogP contribution in [-0.2, 0) is 16.0 Å². The Kier molecular flexibility index (Phi) is 5.51. The first-order valence-electron chi connectivity index (χ1n) is 8.98. The highest BCUT2D eigenvalue weighted by Crippen LogP contribution is 2.22. The molecule has 0 radical (unpaired) electrons. The van der Waals surface area contributed by atoms with E-state index >= 15 is 0 Å². The van der Waals surface area contributed by atoms with E-state index in [1.54, 1.807) is 0 Å². The Labute approximate surface area is 143 Å². The average Bonchev–Trinajstić information content (AvgIpc) is 3.02. The van der Waals surface area contributed by atoms with Crippen LogP contribution in [0, 0.1) is 5.92 Å². The maximum atomic E-state index is 12.7. The van der Waals surface area contributed by atoms with E-state index in [4.69, 9.17) is 5.73 Å².